The number of allylic oxidation sites excluding steroid dienone is 4. The number of benzene rings is 4. The number of hydrogen-bond donors (Lipinski definition) is 0. The summed E-state index contributed by atoms with van der Waals surface area (Å²) in [6, 6.07) is 36.2. The molecule has 0 spiro atoms. The van der Waals surface area contributed by atoms with Crippen molar-refractivity contribution >= 4 is 3.21 Å². The third kappa shape index (κ3) is 10.1. The molecule has 44 heavy (non-hydrogen) atoms. The molecular formula is C41H44Cl2Zr-2. The van der Waals surface area contributed by atoms with E-state index in [1.54, 1.807) is 0 Å². The van der Waals surface area contributed by atoms with Crippen LogP contribution in [-0.2, 0) is 41.5 Å². The first-order valence-electron chi connectivity index (χ1n) is 15.0. The van der Waals surface area contributed by atoms with Crippen LogP contribution in [0.25, 0.3) is 11.1 Å². The normalized spacial score (nSPS) is 14.3. The number of hydrogen-bond acceptors (Lipinski definition) is 0. The zero-order valence-electron chi connectivity index (χ0n) is 27.4. The molecule has 2 aliphatic carbocycles. The van der Waals surface area contributed by atoms with Gasteiger partial charge in [0.05, 0.1) is 0 Å². The molecule has 0 bridgehead atoms. The third-order valence-corrected chi connectivity index (χ3v) is 9.16. The molecule has 0 fully saturated rings. The summed E-state index contributed by atoms with van der Waals surface area (Å²) < 4.78 is 1.42. The van der Waals surface area contributed by atoms with E-state index in [1.165, 1.54) is 77.5 Å². The van der Waals surface area contributed by atoms with Crippen LogP contribution in [0.15, 0.2) is 109 Å². The maximum atomic E-state index is 3.53. The SMILES string of the molecule is CC(C)(C)c1c[c-]c2c(c1)-c1cc(C(C)(C)C)ccc1C2.CC1=CC(C)[C-]=C1.[Cl-].[Cl-].[Zr+2]=[C](c1ccccc1)c1ccccc1. The van der Waals surface area contributed by atoms with Crippen LogP contribution in [0.5, 0.6) is 0 Å². The van der Waals surface area contributed by atoms with Gasteiger partial charge >= 0.3 is 99.2 Å². The zero-order valence-corrected chi connectivity index (χ0v) is 31.3. The number of halogens is 2. The van der Waals surface area contributed by atoms with Gasteiger partial charge < -0.3 is 24.8 Å². The average Bonchev–Trinajstić information content (AvgIpc) is 3.54. The Hall–Kier alpha value is -2.31. The summed E-state index contributed by atoms with van der Waals surface area (Å²) in [6.07, 6.45) is 8.41. The number of rotatable bonds is 2. The molecule has 0 saturated heterocycles. The predicted molar refractivity (Wildman–Crippen MR) is 178 cm³/mol. The summed E-state index contributed by atoms with van der Waals surface area (Å²) >= 11 is 1.46. The zero-order chi connectivity index (χ0) is 30.5. The third-order valence-electron chi connectivity index (χ3n) is 7.74. The van der Waals surface area contributed by atoms with Crippen LogP contribution in [0.2, 0.25) is 0 Å². The van der Waals surface area contributed by atoms with Crippen molar-refractivity contribution in [3.05, 3.63) is 154 Å². The molecule has 228 valence electrons. The van der Waals surface area contributed by atoms with Crippen LogP contribution in [0.3, 0.4) is 0 Å². The van der Waals surface area contributed by atoms with Crippen molar-refractivity contribution in [2.45, 2.75) is 72.6 Å². The molecule has 0 N–H and O–H groups in total. The van der Waals surface area contributed by atoms with Gasteiger partial charge in [-0.15, -0.1) is 12.5 Å². The van der Waals surface area contributed by atoms with Gasteiger partial charge in [0, 0.05) is 0 Å². The molecule has 0 amide bonds. The van der Waals surface area contributed by atoms with Crippen LogP contribution in [0.4, 0.5) is 0 Å². The Balaban J connectivity index is 0.000000253. The molecule has 3 heteroatoms. The molecule has 4 aromatic carbocycles. The van der Waals surface area contributed by atoms with Gasteiger partial charge in [0.2, 0.25) is 0 Å². The second-order valence-electron chi connectivity index (χ2n) is 13.4. The minimum atomic E-state index is 0. The Labute approximate surface area is 294 Å². The van der Waals surface area contributed by atoms with E-state index in [0.717, 1.165) is 6.42 Å². The van der Waals surface area contributed by atoms with Gasteiger partial charge in [-0.3, -0.25) is 6.08 Å². The number of fused-ring (bicyclic) bond motifs is 3. The van der Waals surface area contributed by atoms with E-state index in [1.807, 2.05) is 6.08 Å². The van der Waals surface area contributed by atoms with Crippen molar-refractivity contribution in [2.75, 3.05) is 0 Å². The Morgan fingerprint density at radius 3 is 1.68 bits per heavy atom. The summed E-state index contributed by atoms with van der Waals surface area (Å²) in [5, 5.41) is 0. The molecule has 4 aromatic rings. The van der Waals surface area contributed by atoms with Gasteiger partial charge in [0.1, 0.15) is 0 Å². The van der Waals surface area contributed by atoms with Gasteiger partial charge in [-0.2, -0.15) is 35.4 Å². The molecule has 0 heterocycles. The predicted octanol–water partition coefficient (Wildman–Crippen LogP) is 4.40. The quantitative estimate of drug-likeness (QED) is 0.240. The van der Waals surface area contributed by atoms with E-state index in [4.69, 9.17) is 0 Å². The molecule has 0 nitrogen and oxygen atoms in total. The second-order valence-corrected chi connectivity index (χ2v) is 14.7. The summed E-state index contributed by atoms with van der Waals surface area (Å²) in [6.45, 7) is 17.9. The van der Waals surface area contributed by atoms with E-state index in [0.29, 0.717) is 5.92 Å². The fourth-order valence-electron chi connectivity index (χ4n) is 5.11. The topological polar surface area (TPSA) is 0 Å². The molecule has 6 rings (SSSR count). The summed E-state index contributed by atoms with van der Waals surface area (Å²) in [5.74, 6) is 0.556. The van der Waals surface area contributed by atoms with Gasteiger partial charge in [-0.05, 0) is 17.4 Å². The van der Waals surface area contributed by atoms with Crippen LogP contribution in [0, 0.1) is 18.1 Å². The molecule has 1 atom stereocenters. The first-order valence-corrected chi connectivity index (χ1v) is 16.2. The summed E-state index contributed by atoms with van der Waals surface area (Å²) in [4.78, 5) is 0. The Morgan fingerprint density at radius 2 is 1.25 bits per heavy atom. The van der Waals surface area contributed by atoms with Crippen LogP contribution >= 0.6 is 0 Å². The van der Waals surface area contributed by atoms with Gasteiger partial charge in [-0.25, -0.2) is 11.6 Å². The molecular weight excluding hydrogens is 655 g/mol. The molecule has 0 saturated carbocycles. The van der Waals surface area contributed by atoms with E-state index >= 15 is 0 Å². The van der Waals surface area contributed by atoms with E-state index in [9.17, 15) is 0 Å². The van der Waals surface area contributed by atoms with E-state index in [2.05, 4.69) is 165 Å². The summed E-state index contributed by atoms with van der Waals surface area (Å²) in [5.41, 5.74) is 12.8. The van der Waals surface area contributed by atoms with Crippen molar-refractivity contribution in [3.63, 3.8) is 0 Å². The van der Waals surface area contributed by atoms with Crippen molar-refractivity contribution < 1.29 is 49.0 Å². The monoisotopic (exact) mass is 696 g/mol. The molecule has 1 unspecified atom stereocenters. The van der Waals surface area contributed by atoms with Gasteiger partial charge in [0.25, 0.3) is 0 Å². The molecule has 2 aliphatic rings. The fraction of sp³-hybridized carbons (Fsp3) is 0.293. The molecule has 0 radical (unpaired) electrons. The average molecular weight is 699 g/mol. The Bertz CT molecular complexity index is 1480. The molecule has 0 aliphatic heterocycles. The van der Waals surface area contributed by atoms with Crippen molar-refractivity contribution in [1.29, 1.82) is 0 Å². The first-order chi connectivity index (χ1) is 19.8. The Kier molecular flexibility index (Phi) is 14.0. The Morgan fingerprint density at radius 1 is 0.727 bits per heavy atom. The standard InChI is InChI=1S/C21H25.C13H10.C7H9.2ClH.Zr/c1-20(2,3)16-9-7-14-11-15-8-10-17(21(4,5)6)13-19(15)18(14)12-16;1-3-7-12(8-4-1)11-13-9-5-2-6-10-13;1-6-3-4-7(2)5-6;;;/h7,9-10,12-13H,11H2,1-6H3;1-10H;3,5,7H,1-2H3;2*1H;/q-1;;-1;;;+2/p-2. The first kappa shape index (κ1) is 37.9. The van der Waals surface area contributed by atoms with Gasteiger partial charge in [0.15, 0.2) is 0 Å². The second kappa shape index (κ2) is 16.3. The van der Waals surface area contributed by atoms with Crippen LogP contribution in [-0.4, -0.2) is 3.21 Å². The molecule has 0 aromatic heterocycles. The van der Waals surface area contributed by atoms with Crippen molar-refractivity contribution in [2.24, 2.45) is 5.92 Å². The maximum absolute atomic E-state index is 3.53. The van der Waals surface area contributed by atoms with Crippen molar-refractivity contribution in [3.8, 4) is 11.1 Å². The van der Waals surface area contributed by atoms with Crippen LogP contribution < -0.4 is 24.8 Å². The van der Waals surface area contributed by atoms with Gasteiger partial charge in [-0.1, -0.05) is 89.1 Å². The minimum absolute atomic E-state index is 0. The fourth-order valence-corrected chi connectivity index (χ4v) is 5.93. The van der Waals surface area contributed by atoms with Crippen LogP contribution in [0.1, 0.15) is 88.8 Å². The van der Waals surface area contributed by atoms with E-state index < -0.39 is 0 Å². The van der Waals surface area contributed by atoms with E-state index in [-0.39, 0.29) is 35.6 Å². The van der Waals surface area contributed by atoms with Crippen molar-refractivity contribution in [1.82, 2.24) is 0 Å². The summed E-state index contributed by atoms with van der Waals surface area (Å²) in [7, 11) is 0.